The van der Waals surface area contributed by atoms with Gasteiger partial charge in [-0.15, -0.1) is 0 Å². The second-order valence-corrected chi connectivity index (χ2v) is 2.94. The SMILES string of the molecule is CC1OC(O)C(Cl)=C(Cl)C1=O. The van der Waals surface area contributed by atoms with Crippen molar-refractivity contribution in [3.05, 3.63) is 10.1 Å². The minimum absolute atomic E-state index is 0.141. The molecule has 1 aliphatic rings. The largest absolute Gasteiger partial charge is 0.363 e. The number of aliphatic hydroxyl groups is 1. The Hall–Kier alpha value is -0.0900. The molecular formula is C6H6Cl2O3. The van der Waals surface area contributed by atoms with E-state index in [-0.39, 0.29) is 10.1 Å². The number of hydrogen-bond donors (Lipinski definition) is 1. The van der Waals surface area contributed by atoms with Crippen LogP contribution in [0.1, 0.15) is 6.92 Å². The maximum Gasteiger partial charge on any atom is 0.204 e. The predicted molar refractivity (Wildman–Crippen MR) is 40.3 cm³/mol. The Bertz CT molecular complexity index is 224. The van der Waals surface area contributed by atoms with Gasteiger partial charge in [0.25, 0.3) is 0 Å². The first kappa shape index (κ1) is 9.00. The maximum absolute atomic E-state index is 11.0. The average molecular weight is 197 g/mol. The third kappa shape index (κ3) is 1.56. The molecule has 5 heteroatoms. The van der Waals surface area contributed by atoms with Crippen molar-refractivity contribution in [3.8, 4) is 0 Å². The van der Waals surface area contributed by atoms with Crippen LogP contribution < -0.4 is 0 Å². The molecule has 2 atom stereocenters. The Balaban J connectivity index is 2.98. The normalized spacial score (nSPS) is 32.9. The average Bonchev–Trinajstić information content (AvgIpc) is 1.97. The van der Waals surface area contributed by atoms with E-state index in [2.05, 4.69) is 0 Å². The monoisotopic (exact) mass is 196 g/mol. The third-order valence-corrected chi connectivity index (χ3v) is 2.21. The summed E-state index contributed by atoms with van der Waals surface area (Å²) in [6, 6.07) is 0. The van der Waals surface area contributed by atoms with E-state index in [1.165, 1.54) is 6.92 Å². The van der Waals surface area contributed by atoms with Gasteiger partial charge >= 0.3 is 0 Å². The van der Waals surface area contributed by atoms with Crippen LogP contribution in [-0.2, 0) is 9.53 Å². The van der Waals surface area contributed by atoms with Crippen LogP contribution >= 0.6 is 23.2 Å². The van der Waals surface area contributed by atoms with Crippen LogP contribution in [0.2, 0.25) is 0 Å². The number of halogens is 2. The molecular weight excluding hydrogens is 191 g/mol. The minimum atomic E-state index is -1.27. The summed E-state index contributed by atoms with van der Waals surface area (Å²) in [5.41, 5.74) is 0. The molecule has 62 valence electrons. The fourth-order valence-electron chi connectivity index (χ4n) is 0.719. The quantitative estimate of drug-likeness (QED) is 0.629. The van der Waals surface area contributed by atoms with Crippen LogP contribution in [0.4, 0.5) is 0 Å². The Morgan fingerprint density at radius 2 is 2.09 bits per heavy atom. The first-order valence-corrected chi connectivity index (χ1v) is 3.72. The fourth-order valence-corrected chi connectivity index (χ4v) is 1.11. The van der Waals surface area contributed by atoms with E-state index >= 15 is 0 Å². The number of aliphatic hydroxyl groups excluding tert-OH is 1. The lowest BCUT2D eigenvalue weighted by molar-refractivity contribution is -0.146. The number of ether oxygens (including phenoxy) is 1. The van der Waals surface area contributed by atoms with Gasteiger partial charge < -0.3 is 9.84 Å². The van der Waals surface area contributed by atoms with Crippen molar-refractivity contribution in [1.29, 1.82) is 0 Å². The van der Waals surface area contributed by atoms with E-state index in [1.54, 1.807) is 0 Å². The molecule has 0 radical (unpaired) electrons. The maximum atomic E-state index is 11.0. The highest BCUT2D eigenvalue weighted by atomic mass is 35.5. The first-order chi connectivity index (χ1) is 5.04. The number of ketones is 1. The van der Waals surface area contributed by atoms with E-state index in [0.717, 1.165) is 0 Å². The predicted octanol–water partition coefficient (Wildman–Crippen LogP) is 0.982. The molecule has 0 fully saturated rings. The third-order valence-electron chi connectivity index (χ3n) is 1.35. The molecule has 11 heavy (non-hydrogen) atoms. The second kappa shape index (κ2) is 3.11. The van der Waals surface area contributed by atoms with Gasteiger partial charge in [-0.05, 0) is 6.92 Å². The number of rotatable bonds is 0. The van der Waals surface area contributed by atoms with Gasteiger partial charge in [-0.2, -0.15) is 0 Å². The van der Waals surface area contributed by atoms with Gasteiger partial charge in [0.05, 0.1) is 5.03 Å². The van der Waals surface area contributed by atoms with Gasteiger partial charge in [0.15, 0.2) is 6.29 Å². The summed E-state index contributed by atoms with van der Waals surface area (Å²) >= 11 is 10.9. The first-order valence-electron chi connectivity index (χ1n) is 2.97. The van der Waals surface area contributed by atoms with Gasteiger partial charge in [-0.3, -0.25) is 4.79 Å². The van der Waals surface area contributed by atoms with Gasteiger partial charge in [0.2, 0.25) is 5.78 Å². The molecule has 1 N–H and O–H groups in total. The molecule has 0 saturated heterocycles. The van der Waals surface area contributed by atoms with Crippen molar-refractivity contribution >= 4 is 29.0 Å². The smallest absolute Gasteiger partial charge is 0.204 e. The highest BCUT2D eigenvalue weighted by Crippen LogP contribution is 2.26. The van der Waals surface area contributed by atoms with E-state index in [9.17, 15) is 4.79 Å². The van der Waals surface area contributed by atoms with E-state index < -0.39 is 18.2 Å². The summed E-state index contributed by atoms with van der Waals surface area (Å²) in [6.07, 6.45) is -1.99. The lowest BCUT2D eigenvalue weighted by atomic mass is 10.2. The zero-order valence-corrected chi connectivity index (χ0v) is 7.19. The van der Waals surface area contributed by atoms with E-state index in [1.807, 2.05) is 0 Å². The second-order valence-electron chi connectivity index (χ2n) is 2.16. The molecule has 3 nitrogen and oxygen atoms in total. The molecule has 2 unspecified atom stereocenters. The number of carbonyl (C=O) groups is 1. The van der Waals surface area contributed by atoms with Crippen molar-refractivity contribution < 1.29 is 14.6 Å². The molecule has 0 aromatic carbocycles. The van der Waals surface area contributed by atoms with Crippen molar-refractivity contribution in [3.63, 3.8) is 0 Å². The van der Waals surface area contributed by atoms with Crippen LogP contribution in [0, 0.1) is 0 Å². The summed E-state index contributed by atoms with van der Waals surface area (Å²) in [6.45, 7) is 1.50. The Morgan fingerprint density at radius 1 is 1.55 bits per heavy atom. The molecule has 1 rings (SSSR count). The molecule has 0 spiro atoms. The van der Waals surface area contributed by atoms with Crippen molar-refractivity contribution in [2.45, 2.75) is 19.3 Å². The minimum Gasteiger partial charge on any atom is -0.363 e. The molecule has 0 aromatic rings. The fraction of sp³-hybridized carbons (Fsp3) is 0.500. The molecule has 1 aliphatic heterocycles. The molecule has 0 aliphatic carbocycles. The van der Waals surface area contributed by atoms with Crippen LogP contribution in [-0.4, -0.2) is 23.3 Å². The lowest BCUT2D eigenvalue weighted by Gasteiger charge is -2.22. The summed E-state index contributed by atoms with van der Waals surface area (Å²) in [4.78, 5) is 11.0. The topological polar surface area (TPSA) is 46.5 Å². The van der Waals surface area contributed by atoms with Gasteiger partial charge in [0, 0.05) is 0 Å². The van der Waals surface area contributed by atoms with Gasteiger partial charge in [-0.25, -0.2) is 0 Å². The van der Waals surface area contributed by atoms with Crippen LogP contribution in [0.5, 0.6) is 0 Å². The highest BCUT2D eigenvalue weighted by molar-refractivity contribution is 6.49. The molecule has 0 saturated carbocycles. The van der Waals surface area contributed by atoms with Crippen molar-refractivity contribution in [2.24, 2.45) is 0 Å². The Labute approximate surface area is 73.5 Å². The molecule has 0 amide bonds. The number of hydrogen-bond acceptors (Lipinski definition) is 3. The van der Waals surface area contributed by atoms with Crippen LogP contribution in [0.25, 0.3) is 0 Å². The summed E-state index contributed by atoms with van der Waals surface area (Å²) in [7, 11) is 0. The van der Waals surface area contributed by atoms with Gasteiger partial charge in [0.1, 0.15) is 11.1 Å². The number of carbonyl (C=O) groups excluding carboxylic acids is 1. The zero-order chi connectivity index (χ0) is 8.59. The highest BCUT2D eigenvalue weighted by Gasteiger charge is 2.31. The lowest BCUT2D eigenvalue weighted by Crippen LogP contribution is -2.33. The van der Waals surface area contributed by atoms with Crippen LogP contribution in [0.15, 0.2) is 10.1 Å². The Kier molecular flexibility index (Phi) is 2.54. The van der Waals surface area contributed by atoms with E-state index in [4.69, 9.17) is 33.0 Å². The number of Topliss-reactive ketones (excluding diaryl/α,β-unsaturated/α-hetero) is 1. The van der Waals surface area contributed by atoms with Crippen molar-refractivity contribution in [1.82, 2.24) is 0 Å². The molecule has 0 aromatic heterocycles. The standard InChI is InChI=1S/C6H6Cl2O3/c1-2-5(9)3(7)4(8)6(10)11-2/h2,6,10H,1H3. The molecule has 0 bridgehead atoms. The summed E-state index contributed by atoms with van der Waals surface area (Å²) in [5, 5.41) is 8.70. The van der Waals surface area contributed by atoms with Crippen LogP contribution in [0.3, 0.4) is 0 Å². The van der Waals surface area contributed by atoms with Gasteiger partial charge in [-0.1, -0.05) is 23.2 Å². The molecule has 1 heterocycles. The zero-order valence-electron chi connectivity index (χ0n) is 5.67. The summed E-state index contributed by atoms with van der Waals surface area (Å²) in [5.74, 6) is -0.401. The van der Waals surface area contributed by atoms with E-state index in [0.29, 0.717) is 0 Å². The van der Waals surface area contributed by atoms with Crippen molar-refractivity contribution in [2.75, 3.05) is 0 Å². The Morgan fingerprint density at radius 3 is 2.64 bits per heavy atom. The summed E-state index contributed by atoms with van der Waals surface area (Å²) < 4.78 is 4.71.